The van der Waals surface area contributed by atoms with Crippen molar-refractivity contribution >= 4 is 56.1 Å². The molecule has 0 fully saturated rings. The van der Waals surface area contributed by atoms with E-state index in [1.807, 2.05) is 78.9 Å². The highest BCUT2D eigenvalue weighted by Crippen LogP contribution is 2.15. The molecule has 0 spiro atoms. The lowest BCUT2D eigenvalue weighted by atomic mass is 9.98. The van der Waals surface area contributed by atoms with Crippen LogP contribution in [-0.4, -0.2) is 24.2 Å². The lowest BCUT2D eigenvalue weighted by molar-refractivity contribution is -0.135. The van der Waals surface area contributed by atoms with Crippen molar-refractivity contribution in [1.82, 2.24) is 10.9 Å². The first-order chi connectivity index (χ1) is 15.5. The van der Waals surface area contributed by atoms with Gasteiger partial charge in [0, 0.05) is 20.1 Å². The van der Waals surface area contributed by atoms with E-state index in [1.54, 1.807) is 0 Å². The number of nitrogens with zero attached hydrogens (tertiary/aromatic N) is 2. The molecule has 162 valence electrons. The highest BCUT2D eigenvalue weighted by Gasteiger charge is 2.27. The van der Waals surface area contributed by atoms with Crippen molar-refractivity contribution in [2.45, 2.75) is 6.42 Å². The van der Waals surface area contributed by atoms with E-state index in [-0.39, 0.29) is 6.42 Å². The van der Waals surface area contributed by atoms with Crippen LogP contribution >= 0.6 is 31.9 Å². The van der Waals surface area contributed by atoms with Crippen molar-refractivity contribution < 1.29 is 9.59 Å². The fourth-order valence-corrected chi connectivity index (χ4v) is 3.57. The van der Waals surface area contributed by atoms with Gasteiger partial charge >= 0.3 is 0 Å². The molecule has 8 heteroatoms. The highest BCUT2D eigenvalue weighted by molar-refractivity contribution is 9.10. The summed E-state index contributed by atoms with van der Waals surface area (Å²) in [6, 6.07) is 24.3. The molecule has 6 nitrogen and oxygen atoms in total. The number of amides is 2. The number of rotatable bonds is 8. The fourth-order valence-electron chi connectivity index (χ4n) is 2.80. The number of hydrogen-bond acceptors (Lipinski definition) is 4. The van der Waals surface area contributed by atoms with Crippen molar-refractivity contribution in [2.24, 2.45) is 16.1 Å². The van der Waals surface area contributed by atoms with Crippen molar-refractivity contribution in [3.8, 4) is 0 Å². The molecule has 3 aromatic rings. The molecule has 0 unspecified atom stereocenters. The number of carbonyl (C=O) groups excluding carboxylic acids is 2. The molecule has 3 aromatic carbocycles. The van der Waals surface area contributed by atoms with Gasteiger partial charge in [0.25, 0.3) is 11.8 Å². The van der Waals surface area contributed by atoms with Crippen molar-refractivity contribution in [2.75, 3.05) is 0 Å². The Hall–Kier alpha value is -3.10. The topological polar surface area (TPSA) is 82.9 Å². The fraction of sp³-hybridized carbons (Fsp3) is 0.0833. The summed E-state index contributed by atoms with van der Waals surface area (Å²) in [5.41, 5.74) is 7.39. The van der Waals surface area contributed by atoms with Crippen LogP contribution in [0.1, 0.15) is 16.7 Å². The molecule has 0 aliphatic heterocycles. The minimum absolute atomic E-state index is 0.216. The van der Waals surface area contributed by atoms with Crippen molar-refractivity contribution in [1.29, 1.82) is 0 Å². The lowest BCUT2D eigenvalue weighted by Gasteiger charge is -2.13. The van der Waals surface area contributed by atoms with Crippen LogP contribution in [0.25, 0.3) is 0 Å². The van der Waals surface area contributed by atoms with Gasteiger partial charge in [0.2, 0.25) is 0 Å². The molecule has 0 aliphatic rings. The number of hydrogen-bond donors (Lipinski definition) is 2. The molecule has 0 heterocycles. The Morgan fingerprint density at radius 1 is 0.719 bits per heavy atom. The normalized spacial score (nSPS) is 11.2. The molecular formula is C24H20Br2N4O2. The Kier molecular flexibility index (Phi) is 8.89. The smallest absolute Gasteiger partial charge is 0.253 e. The summed E-state index contributed by atoms with van der Waals surface area (Å²) in [6.07, 6.45) is 3.25. The number of halogens is 2. The summed E-state index contributed by atoms with van der Waals surface area (Å²) in [4.78, 5) is 25.6. The van der Waals surface area contributed by atoms with E-state index in [9.17, 15) is 9.59 Å². The van der Waals surface area contributed by atoms with E-state index in [0.717, 1.165) is 25.6 Å². The molecule has 0 saturated heterocycles. The second kappa shape index (κ2) is 12.1. The first kappa shape index (κ1) is 23.6. The minimum atomic E-state index is -1.01. The predicted molar refractivity (Wildman–Crippen MR) is 133 cm³/mol. The van der Waals surface area contributed by atoms with Gasteiger partial charge in [-0.3, -0.25) is 9.59 Å². The Morgan fingerprint density at radius 3 is 1.62 bits per heavy atom. The summed E-state index contributed by atoms with van der Waals surface area (Å²) in [5, 5.41) is 8.02. The van der Waals surface area contributed by atoms with Gasteiger partial charge in [0.15, 0.2) is 0 Å². The van der Waals surface area contributed by atoms with Crippen molar-refractivity contribution in [3.63, 3.8) is 0 Å². The Morgan fingerprint density at radius 2 is 1.16 bits per heavy atom. The predicted octanol–water partition coefficient (Wildman–Crippen LogP) is 4.67. The molecule has 2 amide bonds. The van der Waals surface area contributed by atoms with E-state index in [1.165, 1.54) is 12.4 Å². The van der Waals surface area contributed by atoms with E-state index < -0.39 is 17.7 Å². The zero-order valence-electron chi connectivity index (χ0n) is 16.9. The van der Waals surface area contributed by atoms with E-state index in [0.29, 0.717) is 0 Å². The molecule has 0 saturated carbocycles. The third kappa shape index (κ3) is 6.96. The number of nitrogens with one attached hydrogen (secondary N) is 2. The van der Waals surface area contributed by atoms with Gasteiger partial charge in [-0.05, 0) is 24.1 Å². The van der Waals surface area contributed by atoms with Crippen LogP contribution < -0.4 is 10.9 Å². The molecule has 32 heavy (non-hydrogen) atoms. The average molecular weight is 556 g/mol. The average Bonchev–Trinajstić information content (AvgIpc) is 2.80. The van der Waals surface area contributed by atoms with Gasteiger partial charge in [-0.1, -0.05) is 98.6 Å². The molecule has 3 rings (SSSR count). The zero-order chi connectivity index (χ0) is 22.8. The Bertz CT molecular complexity index is 1060. The third-order valence-corrected chi connectivity index (χ3v) is 5.93. The van der Waals surface area contributed by atoms with E-state index in [4.69, 9.17) is 0 Å². The summed E-state index contributed by atoms with van der Waals surface area (Å²) in [5.74, 6) is -2.05. The minimum Gasteiger partial charge on any atom is -0.272 e. The van der Waals surface area contributed by atoms with E-state index >= 15 is 0 Å². The molecule has 2 N–H and O–H groups in total. The summed E-state index contributed by atoms with van der Waals surface area (Å²) >= 11 is 6.85. The maximum absolute atomic E-state index is 12.8. The van der Waals surface area contributed by atoms with Crippen LogP contribution in [0.15, 0.2) is 98.0 Å². The number of carbonyl (C=O) groups is 2. The lowest BCUT2D eigenvalue weighted by Crippen LogP contribution is -2.39. The molecule has 0 aromatic heterocycles. The van der Waals surface area contributed by atoms with Crippen LogP contribution in [0.4, 0.5) is 0 Å². The number of benzene rings is 3. The monoisotopic (exact) mass is 554 g/mol. The van der Waals surface area contributed by atoms with E-state index in [2.05, 4.69) is 52.9 Å². The molecule has 0 bridgehead atoms. The Balaban J connectivity index is 1.70. The Labute approximate surface area is 203 Å². The summed E-state index contributed by atoms with van der Waals surface area (Å²) < 4.78 is 1.69. The number of hydrazone groups is 2. The molecule has 0 atom stereocenters. The van der Waals surface area contributed by atoms with Gasteiger partial charge < -0.3 is 0 Å². The first-order valence-corrected chi connectivity index (χ1v) is 11.3. The highest BCUT2D eigenvalue weighted by atomic mass is 79.9. The first-order valence-electron chi connectivity index (χ1n) is 9.73. The standard InChI is InChI=1S/C24H20Br2N4O2/c25-21-12-6-4-10-18(21)15-27-29-23(31)20(14-17-8-2-1-3-9-17)24(32)30-28-16-19-11-5-7-13-22(19)26/h1-13,15-16,20H,14H2,(H,29,31)(H,30,32)/b27-15+,28-16+. The van der Waals surface area contributed by atoms with Crippen molar-refractivity contribution in [3.05, 3.63) is 104 Å². The summed E-state index contributed by atoms with van der Waals surface area (Å²) in [6.45, 7) is 0. The van der Waals surface area contributed by atoms with Crippen LogP contribution in [0.3, 0.4) is 0 Å². The van der Waals surface area contributed by atoms with Crippen LogP contribution in [0.2, 0.25) is 0 Å². The van der Waals surface area contributed by atoms with Crippen LogP contribution in [0, 0.1) is 5.92 Å². The zero-order valence-corrected chi connectivity index (χ0v) is 20.1. The maximum Gasteiger partial charge on any atom is 0.253 e. The molecule has 0 aliphatic carbocycles. The quantitative estimate of drug-likeness (QED) is 0.240. The van der Waals surface area contributed by atoms with Gasteiger partial charge in [-0.15, -0.1) is 0 Å². The molecule has 0 radical (unpaired) electrons. The van der Waals surface area contributed by atoms with Gasteiger partial charge in [0.05, 0.1) is 12.4 Å². The van der Waals surface area contributed by atoms with Gasteiger partial charge in [0.1, 0.15) is 5.92 Å². The van der Waals surface area contributed by atoms with Crippen LogP contribution in [-0.2, 0) is 16.0 Å². The largest absolute Gasteiger partial charge is 0.272 e. The second-order valence-corrected chi connectivity index (χ2v) is 8.46. The third-order valence-electron chi connectivity index (χ3n) is 4.48. The van der Waals surface area contributed by atoms with Gasteiger partial charge in [-0.2, -0.15) is 10.2 Å². The maximum atomic E-state index is 12.8. The second-order valence-electron chi connectivity index (χ2n) is 6.75. The summed E-state index contributed by atoms with van der Waals surface area (Å²) in [7, 11) is 0. The van der Waals surface area contributed by atoms with Gasteiger partial charge in [-0.25, -0.2) is 10.9 Å². The molecular weight excluding hydrogens is 536 g/mol. The van der Waals surface area contributed by atoms with Crippen LogP contribution in [0.5, 0.6) is 0 Å². The SMILES string of the molecule is O=C(N/N=C/c1ccccc1Br)C(Cc1ccccc1)C(=O)N/N=C/c1ccccc1Br.